The minimum absolute atomic E-state index is 0.304. The zero-order valence-corrected chi connectivity index (χ0v) is 11.1. The van der Waals surface area contributed by atoms with Gasteiger partial charge < -0.3 is 14.9 Å². The summed E-state index contributed by atoms with van der Waals surface area (Å²) in [6.45, 7) is 5.43. The third kappa shape index (κ3) is 5.89. The van der Waals surface area contributed by atoms with Gasteiger partial charge in [-0.2, -0.15) is 0 Å². The van der Waals surface area contributed by atoms with Crippen molar-refractivity contribution < 1.29 is 9.15 Å². The Kier molecular flexibility index (Phi) is 6.97. The molecule has 0 aliphatic rings. The number of nitrogens with two attached hydrogens (primary N) is 1. The fourth-order valence-corrected chi connectivity index (χ4v) is 1.78. The third-order valence-electron chi connectivity index (χ3n) is 2.92. The summed E-state index contributed by atoms with van der Waals surface area (Å²) in [6.07, 6.45) is 8.30. The Bertz CT molecular complexity index is 296. The number of rotatable bonds is 9. The molecule has 1 aromatic heterocycles. The van der Waals surface area contributed by atoms with Gasteiger partial charge in [0.1, 0.15) is 12.4 Å². The Balaban J connectivity index is 2.12. The maximum absolute atomic E-state index is 5.73. The van der Waals surface area contributed by atoms with Crippen LogP contribution in [0, 0.1) is 0 Å². The van der Waals surface area contributed by atoms with Crippen molar-refractivity contribution in [2.24, 2.45) is 5.73 Å². The predicted molar refractivity (Wildman–Crippen MR) is 69.6 cm³/mol. The zero-order chi connectivity index (χ0) is 12.5. The second-order valence-electron chi connectivity index (χ2n) is 4.60. The van der Waals surface area contributed by atoms with Gasteiger partial charge in [0.15, 0.2) is 0 Å². The van der Waals surface area contributed by atoms with Crippen LogP contribution in [0.2, 0.25) is 0 Å². The van der Waals surface area contributed by atoms with Crippen molar-refractivity contribution in [3.63, 3.8) is 0 Å². The molecule has 0 bridgehead atoms. The summed E-state index contributed by atoms with van der Waals surface area (Å²) in [5.41, 5.74) is 6.54. The lowest BCUT2D eigenvalue weighted by molar-refractivity contribution is 0.0360. The van der Waals surface area contributed by atoms with Gasteiger partial charge in [-0.3, -0.25) is 0 Å². The normalized spacial score (nSPS) is 12.9. The second kappa shape index (κ2) is 8.31. The maximum atomic E-state index is 5.73. The molecule has 0 aromatic carbocycles. The van der Waals surface area contributed by atoms with E-state index in [1.165, 1.54) is 25.7 Å². The van der Waals surface area contributed by atoms with E-state index in [4.69, 9.17) is 14.9 Å². The van der Waals surface area contributed by atoms with Crippen LogP contribution in [0.3, 0.4) is 0 Å². The quantitative estimate of drug-likeness (QED) is 0.670. The molecule has 2 N–H and O–H groups in total. The van der Waals surface area contributed by atoms with Crippen LogP contribution in [0.15, 0.2) is 16.7 Å². The van der Waals surface area contributed by atoms with Crippen molar-refractivity contribution in [1.29, 1.82) is 0 Å². The highest BCUT2D eigenvalue weighted by Crippen LogP contribution is 2.12. The van der Waals surface area contributed by atoms with E-state index < -0.39 is 0 Å². The molecule has 3 heteroatoms. The molecule has 17 heavy (non-hydrogen) atoms. The molecule has 98 valence electrons. The van der Waals surface area contributed by atoms with Crippen molar-refractivity contribution in [2.75, 3.05) is 0 Å². The van der Waals surface area contributed by atoms with Gasteiger partial charge in [-0.1, -0.05) is 32.6 Å². The van der Waals surface area contributed by atoms with Gasteiger partial charge in [0.25, 0.3) is 0 Å². The summed E-state index contributed by atoms with van der Waals surface area (Å²) in [5.74, 6) is 0.867. The van der Waals surface area contributed by atoms with Gasteiger partial charge in [0, 0.05) is 12.1 Å². The highest BCUT2D eigenvalue weighted by molar-refractivity contribution is 5.11. The molecule has 0 spiro atoms. The van der Waals surface area contributed by atoms with E-state index in [9.17, 15) is 0 Å². The Morgan fingerprint density at radius 1 is 1.35 bits per heavy atom. The summed E-state index contributed by atoms with van der Waals surface area (Å²) in [6, 6.07) is 1.96. The molecule has 1 atom stereocenters. The average molecular weight is 239 g/mol. The number of ether oxygens (including phenoxy) is 1. The molecule has 0 saturated heterocycles. The molecule has 1 unspecified atom stereocenters. The lowest BCUT2D eigenvalue weighted by Gasteiger charge is -2.11. The highest BCUT2D eigenvalue weighted by atomic mass is 16.5. The standard InChI is InChI=1S/C14H25NO2/c1-3-4-5-6-7-12(2)16-11-14-8-13(9-15)10-17-14/h8,10,12H,3-7,9,11,15H2,1-2H3. The summed E-state index contributed by atoms with van der Waals surface area (Å²) in [7, 11) is 0. The van der Waals surface area contributed by atoms with Crippen LogP contribution in [0.25, 0.3) is 0 Å². The van der Waals surface area contributed by atoms with E-state index in [0.29, 0.717) is 19.3 Å². The van der Waals surface area contributed by atoms with Crippen LogP contribution in [0.1, 0.15) is 57.3 Å². The molecular formula is C14H25NO2. The SMILES string of the molecule is CCCCCCC(C)OCc1cc(CN)co1. The molecule has 0 fully saturated rings. The van der Waals surface area contributed by atoms with Gasteiger partial charge in [0.05, 0.1) is 12.4 Å². The molecule has 3 nitrogen and oxygen atoms in total. The number of hydrogen-bond acceptors (Lipinski definition) is 3. The highest BCUT2D eigenvalue weighted by Gasteiger charge is 2.05. The maximum Gasteiger partial charge on any atom is 0.129 e. The van der Waals surface area contributed by atoms with Crippen molar-refractivity contribution in [3.8, 4) is 0 Å². The van der Waals surface area contributed by atoms with Crippen molar-refractivity contribution in [3.05, 3.63) is 23.7 Å². The monoisotopic (exact) mass is 239 g/mol. The first-order valence-corrected chi connectivity index (χ1v) is 6.64. The van der Waals surface area contributed by atoms with Gasteiger partial charge in [-0.25, -0.2) is 0 Å². The smallest absolute Gasteiger partial charge is 0.129 e. The predicted octanol–water partition coefficient (Wildman–Crippen LogP) is 3.61. The van der Waals surface area contributed by atoms with Crippen molar-refractivity contribution in [1.82, 2.24) is 0 Å². The molecule has 1 heterocycles. The summed E-state index contributed by atoms with van der Waals surface area (Å²) in [4.78, 5) is 0. The molecule has 1 rings (SSSR count). The van der Waals surface area contributed by atoms with Crippen LogP contribution in [0.4, 0.5) is 0 Å². The first-order valence-electron chi connectivity index (χ1n) is 6.64. The van der Waals surface area contributed by atoms with E-state index in [2.05, 4.69) is 13.8 Å². The molecular weight excluding hydrogens is 214 g/mol. The van der Waals surface area contributed by atoms with Gasteiger partial charge in [-0.05, 0) is 19.4 Å². The van der Waals surface area contributed by atoms with Crippen LogP contribution in [-0.2, 0) is 17.9 Å². The van der Waals surface area contributed by atoms with E-state index in [1.54, 1.807) is 6.26 Å². The van der Waals surface area contributed by atoms with Crippen LogP contribution in [-0.4, -0.2) is 6.10 Å². The van der Waals surface area contributed by atoms with Gasteiger partial charge in [0.2, 0.25) is 0 Å². The number of furan rings is 1. The minimum atomic E-state index is 0.304. The topological polar surface area (TPSA) is 48.4 Å². The minimum Gasteiger partial charge on any atom is -0.467 e. The lowest BCUT2D eigenvalue weighted by Crippen LogP contribution is -2.07. The van der Waals surface area contributed by atoms with E-state index in [0.717, 1.165) is 17.7 Å². The Morgan fingerprint density at radius 2 is 2.18 bits per heavy atom. The van der Waals surface area contributed by atoms with Gasteiger partial charge in [-0.15, -0.1) is 0 Å². The Labute approximate surface area is 104 Å². The summed E-state index contributed by atoms with van der Waals surface area (Å²) in [5, 5.41) is 0. The number of hydrogen-bond donors (Lipinski definition) is 1. The Hall–Kier alpha value is -0.800. The molecule has 1 aromatic rings. The zero-order valence-electron chi connectivity index (χ0n) is 11.1. The molecule has 0 radical (unpaired) electrons. The van der Waals surface area contributed by atoms with Crippen LogP contribution < -0.4 is 5.73 Å². The van der Waals surface area contributed by atoms with E-state index >= 15 is 0 Å². The van der Waals surface area contributed by atoms with Crippen molar-refractivity contribution >= 4 is 0 Å². The molecule has 0 saturated carbocycles. The van der Waals surface area contributed by atoms with Gasteiger partial charge >= 0.3 is 0 Å². The van der Waals surface area contributed by atoms with E-state index in [-0.39, 0.29) is 0 Å². The Morgan fingerprint density at radius 3 is 2.82 bits per heavy atom. The first kappa shape index (κ1) is 14.3. The molecule has 0 amide bonds. The lowest BCUT2D eigenvalue weighted by atomic mass is 10.1. The average Bonchev–Trinajstić information content (AvgIpc) is 2.80. The first-order chi connectivity index (χ1) is 8.26. The largest absolute Gasteiger partial charge is 0.467 e. The van der Waals surface area contributed by atoms with Crippen LogP contribution >= 0.6 is 0 Å². The van der Waals surface area contributed by atoms with Crippen LogP contribution in [0.5, 0.6) is 0 Å². The summed E-state index contributed by atoms with van der Waals surface area (Å²) < 4.78 is 11.1. The molecule has 0 aliphatic carbocycles. The third-order valence-corrected chi connectivity index (χ3v) is 2.92. The fraction of sp³-hybridized carbons (Fsp3) is 0.714. The molecule has 0 aliphatic heterocycles. The van der Waals surface area contributed by atoms with E-state index in [1.807, 2.05) is 6.07 Å². The fourth-order valence-electron chi connectivity index (χ4n) is 1.78. The summed E-state index contributed by atoms with van der Waals surface area (Å²) >= 11 is 0. The second-order valence-corrected chi connectivity index (χ2v) is 4.60. The number of unbranched alkanes of at least 4 members (excludes halogenated alkanes) is 3. The van der Waals surface area contributed by atoms with Crippen molar-refractivity contribution in [2.45, 2.75) is 65.2 Å².